The van der Waals surface area contributed by atoms with E-state index in [-0.39, 0.29) is 18.0 Å². The van der Waals surface area contributed by atoms with Gasteiger partial charge in [-0.05, 0) is 42.8 Å². The number of imide groups is 1. The molecule has 3 aromatic rings. The molecule has 0 aliphatic carbocycles. The summed E-state index contributed by atoms with van der Waals surface area (Å²) in [5.74, 6) is -0.180. The highest BCUT2D eigenvalue weighted by molar-refractivity contribution is 6.30. The molecule has 5 nitrogen and oxygen atoms in total. The summed E-state index contributed by atoms with van der Waals surface area (Å²) in [5.41, 5.74) is 3.74. The number of benzene rings is 2. The number of H-pyrrole nitrogens is 1. The average Bonchev–Trinajstić information content (AvgIpc) is 3.13. The molecule has 130 valence electrons. The fourth-order valence-electron chi connectivity index (χ4n) is 4.19. The van der Waals surface area contributed by atoms with Crippen LogP contribution in [-0.2, 0) is 11.2 Å². The Balaban J connectivity index is 1.60. The largest absolute Gasteiger partial charge is 0.356 e. The molecule has 0 bridgehead atoms. The summed E-state index contributed by atoms with van der Waals surface area (Å²) in [6.45, 7) is 1.97. The van der Waals surface area contributed by atoms with Gasteiger partial charge in [0, 0.05) is 28.0 Å². The number of nitrogens with one attached hydrogen (secondary N) is 1. The SMILES string of the molecule is C[C@H]1c2[nH]c3ccccc3c2C[C@@H]2C(=O)N(c3ccc(Cl)cc3)C(=O)N21. The molecule has 0 spiro atoms. The average molecular weight is 366 g/mol. The Hall–Kier alpha value is -2.79. The zero-order valence-electron chi connectivity index (χ0n) is 14.1. The number of carbonyl (C=O) groups is 2. The lowest BCUT2D eigenvalue weighted by Crippen LogP contribution is -2.42. The van der Waals surface area contributed by atoms with Crippen LogP contribution in [0.5, 0.6) is 0 Å². The van der Waals surface area contributed by atoms with E-state index in [4.69, 9.17) is 11.6 Å². The maximum absolute atomic E-state index is 13.1. The number of fused-ring (bicyclic) bond motifs is 4. The lowest BCUT2D eigenvalue weighted by Gasteiger charge is -2.33. The normalized spacial score (nSPS) is 22.1. The minimum Gasteiger partial charge on any atom is -0.356 e. The first kappa shape index (κ1) is 15.5. The number of nitrogens with zero attached hydrogens (tertiary/aromatic N) is 2. The number of para-hydroxylation sites is 1. The Labute approximate surface area is 155 Å². The summed E-state index contributed by atoms with van der Waals surface area (Å²) in [4.78, 5) is 32.5. The second-order valence-electron chi connectivity index (χ2n) is 6.80. The van der Waals surface area contributed by atoms with Crippen molar-refractivity contribution >= 4 is 40.1 Å². The number of anilines is 1. The van der Waals surface area contributed by atoms with Crippen LogP contribution in [0.1, 0.15) is 24.2 Å². The Morgan fingerprint density at radius 3 is 2.58 bits per heavy atom. The van der Waals surface area contributed by atoms with Crippen molar-refractivity contribution < 1.29 is 9.59 Å². The minimum atomic E-state index is -0.472. The predicted molar refractivity (Wildman–Crippen MR) is 100 cm³/mol. The first-order chi connectivity index (χ1) is 12.6. The van der Waals surface area contributed by atoms with Gasteiger partial charge in [-0.15, -0.1) is 0 Å². The molecule has 2 aromatic carbocycles. The van der Waals surface area contributed by atoms with Crippen molar-refractivity contribution in [2.45, 2.75) is 25.4 Å². The molecule has 0 saturated carbocycles. The van der Waals surface area contributed by atoms with Gasteiger partial charge in [-0.3, -0.25) is 4.79 Å². The monoisotopic (exact) mass is 365 g/mol. The number of carbonyl (C=O) groups excluding carboxylic acids is 2. The molecule has 26 heavy (non-hydrogen) atoms. The van der Waals surface area contributed by atoms with Crippen LogP contribution >= 0.6 is 11.6 Å². The number of aromatic nitrogens is 1. The van der Waals surface area contributed by atoms with Gasteiger partial charge in [0.25, 0.3) is 5.91 Å². The molecule has 6 heteroatoms. The third kappa shape index (κ3) is 1.98. The van der Waals surface area contributed by atoms with Crippen LogP contribution in [0.4, 0.5) is 10.5 Å². The van der Waals surface area contributed by atoms with E-state index < -0.39 is 6.04 Å². The van der Waals surface area contributed by atoms with Gasteiger partial charge in [0.1, 0.15) is 6.04 Å². The van der Waals surface area contributed by atoms with Crippen LogP contribution in [0.25, 0.3) is 10.9 Å². The van der Waals surface area contributed by atoms with Crippen molar-refractivity contribution in [2.75, 3.05) is 4.90 Å². The van der Waals surface area contributed by atoms with Gasteiger partial charge in [-0.2, -0.15) is 0 Å². The molecule has 2 aliphatic heterocycles. The van der Waals surface area contributed by atoms with Crippen LogP contribution in [-0.4, -0.2) is 27.9 Å². The van der Waals surface area contributed by atoms with Crippen LogP contribution in [0.2, 0.25) is 5.02 Å². The van der Waals surface area contributed by atoms with Gasteiger partial charge >= 0.3 is 6.03 Å². The van der Waals surface area contributed by atoms with E-state index in [1.807, 2.05) is 25.1 Å². The molecule has 5 rings (SSSR count). The van der Waals surface area contributed by atoms with Crippen LogP contribution in [0, 0.1) is 0 Å². The van der Waals surface area contributed by atoms with Gasteiger partial charge in [-0.25, -0.2) is 9.69 Å². The van der Waals surface area contributed by atoms with Gasteiger partial charge < -0.3 is 9.88 Å². The maximum Gasteiger partial charge on any atom is 0.332 e. The molecule has 1 fully saturated rings. The van der Waals surface area contributed by atoms with Crippen molar-refractivity contribution in [2.24, 2.45) is 0 Å². The van der Waals surface area contributed by atoms with E-state index in [0.717, 1.165) is 22.2 Å². The molecule has 2 atom stereocenters. The zero-order valence-corrected chi connectivity index (χ0v) is 14.8. The van der Waals surface area contributed by atoms with E-state index in [2.05, 4.69) is 11.1 Å². The van der Waals surface area contributed by atoms with Gasteiger partial charge in [0.2, 0.25) is 0 Å². The number of hydrogen-bond donors (Lipinski definition) is 1. The van der Waals surface area contributed by atoms with Crippen LogP contribution in [0.15, 0.2) is 48.5 Å². The summed E-state index contributed by atoms with van der Waals surface area (Å²) in [6.07, 6.45) is 0.526. The topological polar surface area (TPSA) is 56.4 Å². The highest BCUT2D eigenvalue weighted by Crippen LogP contribution is 2.41. The standard InChI is InChI=1S/C20H16ClN3O2/c1-11-18-15(14-4-2-3-5-16(14)22-18)10-17-19(25)24(20(26)23(11)17)13-8-6-12(21)7-9-13/h2-9,11,17,22H,10H2,1H3/t11-,17+/m0/s1. The molecule has 0 radical (unpaired) electrons. The third-order valence-electron chi connectivity index (χ3n) is 5.42. The maximum atomic E-state index is 13.1. The van der Waals surface area contributed by atoms with Crippen molar-refractivity contribution in [1.82, 2.24) is 9.88 Å². The lowest BCUT2D eigenvalue weighted by atomic mass is 9.93. The summed E-state index contributed by atoms with van der Waals surface area (Å²) in [6, 6.07) is 13.9. The summed E-state index contributed by atoms with van der Waals surface area (Å²) in [7, 11) is 0. The van der Waals surface area contributed by atoms with Crippen molar-refractivity contribution in [3.63, 3.8) is 0 Å². The second-order valence-corrected chi connectivity index (χ2v) is 7.24. The first-order valence-corrected chi connectivity index (χ1v) is 8.95. The molecule has 1 aromatic heterocycles. The second kappa shape index (κ2) is 5.35. The van der Waals surface area contributed by atoms with Crippen LogP contribution < -0.4 is 4.90 Å². The van der Waals surface area contributed by atoms with Gasteiger partial charge in [-0.1, -0.05) is 29.8 Å². The summed E-state index contributed by atoms with van der Waals surface area (Å²) < 4.78 is 0. The molecule has 2 aliphatic rings. The van der Waals surface area contributed by atoms with Gasteiger partial charge in [0.05, 0.1) is 11.7 Å². The fourth-order valence-corrected chi connectivity index (χ4v) is 4.32. The Morgan fingerprint density at radius 2 is 1.81 bits per heavy atom. The number of halogens is 1. The molecule has 3 heterocycles. The Bertz CT molecular complexity index is 1060. The van der Waals surface area contributed by atoms with E-state index in [1.165, 1.54) is 4.90 Å². The highest BCUT2D eigenvalue weighted by Gasteiger charge is 2.51. The summed E-state index contributed by atoms with van der Waals surface area (Å²) in [5, 5.41) is 1.69. The third-order valence-corrected chi connectivity index (χ3v) is 5.67. The minimum absolute atomic E-state index is 0.180. The Morgan fingerprint density at radius 1 is 1.08 bits per heavy atom. The molecule has 0 unspecified atom stereocenters. The van der Waals surface area contributed by atoms with E-state index in [0.29, 0.717) is 17.1 Å². The molecule has 1 saturated heterocycles. The number of rotatable bonds is 1. The fraction of sp³-hybridized carbons (Fsp3) is 0.200. The van der Waals surface area contributed by atoms with Crippen molar-refractivity contribution in [3.05, 3.63) is 64.8 Å². The highest BCUT2D eigenvalue weighted by atomic mass is 35.5. The smallest absolute Gasteiger partial charge is 0.332 e. The van der Waals surface area contributed by atoms with Crippen LogP contribution in [0.3, 0.4) is 0 Å². The van der Waals surface area contributed by atoms with Crippen molar-refractivity contribution in [1.29, 1.82) is 0 Å². The van der Waals surface area contributed by atoms with Gasteiger partial charge in [0.15, 0.2) is 0 Å². The van der Waals surface area contributed by atoms with Crippen molar-refractivity contribution in [3.8, 4) is 0 Å². The zero-order chi connectivity index (χ0) is 18.0. The Kier molecular flexibility index (Phi) is 3.18. The number of aromatic amines is 1. The molecular formula is C20H16ClN3O2. The molecular weight excluding hydrogens is 350 g/mol. The van der Waals surface area contributed by atoms with E-state index in [1.54, 1.807) is 29.2 Å². The van der Waals surface area contributed by atoms with E-state index in [9.17, 15) is 9.59 Å². The number of hydrogen-bond acceptors (Lipinski definition) is 2. The lowest BCUT2D eigenvalue weighted by molar-refractivity contribution is -0.120. The molecule has 1 N–H and O–H groups in total. The first-order valence-electron chi connectivity index (χ1n) is 8.57. The quantitative estimate of drug-likeness (QED) is 0.654. The molecule has 3 amide bonds. The summed E-state index contributed by atoms with van der Waals surface area (Å²) >= 11 is 5.93. The number of amides is 3. The van der Waals surface area contributed by atoms with E-state index >= 15 is 0 Å². The number of urea groups is 1. The predicted octanol–water partition coefficient (Wildman–Crippen LogP) is 4.28.